The molecule has 0 aliphatic carbocycles. The molecule has 0 bridgehead atoms. The molecule has 72 valence electrons. The predicted molar refractivity (Wildman–Crippen MR) is 46.8 cm³/mol. The molecule has 0 fully saturated rings. The van der Waals surface area contributed by atoms with E-state index in [0.29, 0.717) is 26.1 Å². The van der Waals surface area contributed by atoms with Crippen LogP contribution in [0.3, 0.4) is 0 Å². The van der Waals surface area contributed by atoms with E-state index in [1.165, 1.54) is 0 Å². The molecule has 12 heavy (non-hydrogen) atoms. The van der Waals surface area contributed by atoms with Gasteiger partial charge in [0, 0.05) is 0 Å². The Morgan fingerprint density at radius 2 is 1.58 bits per heavy atom. The van der Waals surface area contributed by atoms with Gasteiger partial charge in [0.25, 0.3) is 0 Å². The van der Waals surface area contributed by atoms with E-state index < -0.39 is 7.60 Å². The van der Waals surface area contributed by atoms with Crippen molar-refractivity contribution in [3.05, 3.63) is 0 Å². The Hall–Kier alpha value is -0.180. The Balaban J connectivity index is 3.87. The van der Waals surface area contributed by atoms with Crippen LogP contribution >= 0.6 is 7.60 Å². The fourth-order valence-electron chi connectivity index (χ4n) is 0.535. The Labute approximate surface area is 72.8 Å². The van der Waals surface area contributed by atoms with Crippen LogP contribution < -0.4 is 0 Å². The zero-order valence-electron chi connectivity index (χ0n) is 7.49. The molecule has 0 radical (unpaired) electrons. The molecule has 0 aliphatic rings. The van der Waals surface area contributed by atoms with Crippen molar-refractivity contribution in [2.45, 2.75) is 26.7 Å². The van der Waals surface area contributed by atoms with E-state index in [1.807, 2.05) is 13.8 Å². The maximum Gasteiger partial charge on any atom is 0.393 e. The highest BCUT2D eigenvalue weighted by atomic mass is 31.2. The summed E-state index contributed by atoms with van der Waals surface area (Å²) in [5.41, 5.74) is 0. The van der Waals surface area contributed by atoms with Crippen molar-refractivity contribution in [2.75, 3.05) is 13.2 Å². The second-order valence-corrected chi connectivity index (χ2v) is 4.12. The molecule has 0 aliphatic heterocycles. The van der Waals surface area contributed by atoms with Gasteiger partial charge in [0.1, 0.15) is 0 Å². The first-order valence-corrected chi connectivity index (χ1v) is 5.65. The Morgan fingerprint density at radius 1 is 1.17 bits per heavy atom. The van der Waals surface area contributed by atoms with Crippen LogP contribution in [0.4, 0.5) is 0 Å². The van der Waals surface area contributed by atoms with Gasteiger partial charge in [-0.05, 0) is 12.8 Å². The van der Waals surface area contributed by atoms with E-state index in [2.05, 4.69) is 0 Å². The summed E-state index contributed by atoms with van der Waals surface area (Å²) >= 11 is 0. The second kappa shape index (κ2) is 6.35. The summed E-state index contributed by atoms with van der Waals surface area (Å²) in [7, 11) is -3.41. The third-order valence-corrected chi connectivity index (χ3v) is 2.42. The highest BCUT2D eigenvalue weighted by molar-refractivity contribution is 7.69. The summed E-state index contributed by atoms with van der Waals surface area (Å²) in [5.74, 6) is 0. The summed E-state index contributed by atoms with van der Waals surface area (Å²) in [5, 5.41) is 0. The third kappa shape index (κ3) is 4.65. The summed E-state index contributed by atoms with van der Waals surface area (Å²) in [4.78, 5) is 10.3. The van der Waals surface area contributed by atoms with Crippen LogP contribution in [0.5, 0.6) is 0 Å². The van der Waals surface area contributed by atoms with Crippen LogP contribution in [0.25, 0.3) is 0 Å². The van der Waals surface area contributed by atoms with Gasteiger partial charge in [0.05, 0.1) is 13.2 Å². The van der Waals surface area contributed by atoms with Crippen molar-refractivity contribution in [3.8, 4) is 0 Å². The van der Waals surface area contributed by atoms with Gasteiger partial charge in [-0.1, -0.05) is 13.8 Å². The number of rotatable bonds is 7. The van der Waals surface area contributed by atoms with Gasteiger partial charge in [-0.3, -0.25) is 9.36 Å². The molecule has 5 heteroatoms. The molecule has 0 heterocycles. The van der Waals surface area contributed by atoms with Gasteiger partial charge in [0.2, 0.25) is 6.03 Å². The fourth-order valence-corrected chi connectivity index (χ4v) is 1.61. The van der Waals surface area contributed by atoms with Crippen LogP contribution in [0.1, 0.15) is 26.7 Å². The quantitative estimate of drug-likeness (QED) is 0.460. The van der Waals surface area contributed by atoms with Crippen LogP contribution in [-0.4, -0.2) is 19.2 Å². The van der Waals surface area contributed by atoms with Crippen molar-refractivity contribution >= 4 is 13.6 Å². The molecule has 0 atom stereocenters. The van der Waals surface area contributed by atoms with Crippen LogP contribution in [0.2, 0.25) is 0 Å². The van der Waals surface area contributed by atoms with Gasteiger partial charge in [0.15, 0.2) is 0 Å². The zero-order valence-corrected chi connectivity index (χ0v) is 8.38. The minimum atomic E-state index is -3.41. The molecular weight excluding hydrogens is 179 g/mol. The Morgan fingerprint density at radius 3 is 1.83 bits per heavy atom. The average molecular weight is 194 g/mol. The molecule has 0 unspecified atom stereocenters. The van der Waals surface area contributed by atoms with Gasteiger partial charge in [-0.25, -0.2) is 0 Å². The zero-order chi connectivity index (χ0) is 9.45. The molecule has 4 nitrogen and oxygen atoms in total. The first kappa shape index (κ1) is 11.8. The van der Waals surface area contributed by atoms with Gasteiger partial charge >= 0.3 is 7.60 Å². The fraction of sp³-hybridized carbons (Fsp3) is 0.857. The second-order valence-electron chi connectivity index (χ2n) is 2.31. The molecule has 0 aromatic carbocycles. The molecule has 0 spiro atoms. The topological polar surface area (TPSA) is 52.6 Å². The first-order chi connectivity index (χ1) is 5.68. The average Bonchev–Trinajstić information content (AvgIpc) is 2.11. The van der Waals surface area contributed by atoms with E-state index in [0.717, 1.165) is 0 Å². The molecule has 0 rings (SSSR count). The standard InChI is InChI=1S/C7H15O4P/c1-3-5-10-12(9,7-8)11-6-4-2/h7H,3-6H2,1-2H3. The summed E-state index contributed by atoms with van der Waals surface area (Å²) in [6.07, 6.45) is 1.43. The van der Waals surface area contributed by atoms with Crippen molar-refractivity contribution in [1.82, 2.24) is 0 Å². The first-order valence-electron chi connectivity index (χ1n) is 4.03. The lowest BCUT2D eigenvalue weighted by Crippen LogP contribution is -1.98. The van der Waals surface area contributed by atoms with E-state index in [1.54, 1.807) is 0 Å². The summed E-state index contributed by atoms with van der Waals surface area (Å²) in [6.45, 7) is 4.32. The molecule has 0 aromatic rings. The minimum Gasteiger partial charge on any atom is -0.303 e. The molecule has 0 N–H and O–H groups in total. The Kier molecular flexibility index (Phi) is 6.25. The van der Waals surface area contributed by atoms with Gasteiger partial charge < -0.3 is 9.05 Å². The maximum atomic E-state index is 11.3. The molecule has 0 aromatic heterocycles. The van der Waals surface area contributed by atoms with Crippen molar-refractivity contribution in [2.24, 2.45) is 0 Å². The van der Waals surface area contributed by atoms with E-state index in [4.69, 9.17) is 9.05 Å². The third-order valence-electron chi connectivity index (χ3n) is 1.08. The summed E-state index contributed by atoms with van der Waals surface area (Å²) < 4.78 is 20.9. The van der Waals surface area contributed by atoms with E-state index in [-0.39, 0.29) is 6.03 Å². The largest absolute Gasteiger partial charge is 0.393 e. The van der Waals surface area contributed by atoms with Crippen LogP contribution in [0, 0.1) is 0 Å². The molecular formula is C7H15O4P. The lowest BCUT2D eigenvalue weighted by atomic mass is 10.5. The molecule has 0 saturated heterocycles. The Bertz CT molecular complexity index is 157. The van der Waals surface area contributed by atoms with Crippen LogP contribution in [0.15, 0.2) is 0 Å². The number of carbonyl (C=O) groups is 1. The highest BCUT2D eigenvalue weighted by Gasteiger charge is 2.22. The van der Waals surface area contributed by atoms with Crippen LogP contribution in [-0.2, 0) is 18.4 Å². The number of hydrogen-bond donors (Lipinski definition) is 0. The SMILES string of the molecule is CCCOP(=O)(C=O)OCCC. The monoisotopic (exact) mass is 194 g/mol. The van der Waals surface area contributed by atoms with Crippen molar-refractivity contribution < 1.29 is 18.4 Å². The molecule has 0 saturated carbocycles. The smallest absolute Gasteiger partial charge is 0.303 e. The number of hydrogen-bond acceptors (Lipinski definition) is 4. The number of carbonyl (C=O) groups excluding carboxylic acids is 1. The highest BCUT2D eigenvalue weighted by Crippen LogP contribution is 2.44. The predicted octanol–water partition coefficient (Wildman–Crippen LogP) is 2.22. The van der Waals surface area contributed by atoms with E-state index >= 15 is 0 Å². The molecule has 0 amide bonds. The van der Waals surface area contributed by atoms with Gasteiger partial charge in [-0.15, -0.1) is 0 Å². The van der Waals surface area contributed by atoms with Crippen molar-refractivity contribution in [1.29, 1.82) is 0 Å². The lowest BCUT2D eigenvalue weighted by Gasteiger charge is -2.10. The maximum absolute atomic E-state index is 11.3. The minimum absolute atomic E-state index is 0.262. The summed E-state index contributed by atoms with van der Waals surface area (Å²) in [6, 6.07) is 0.262. The van der Waals surface area contributed by atoms with Gasteiger partial charge in [-0.2, -0.15) is 0 Å². The van der Waals surface area contributed by atoms with Crippen molar-refractivity contribution in [3.63, 3.8) is 0 Å². The normalized spacial score (nSPS) is 11.5. The van der Waals surface area contributed by atoms with E-state index in [9.17, 15) is 9.36 Å². The lowest BCUT2D eigenvalue weighted by molar-refractivity contribution is 0.215.